The average molecular weight is 299 g/mol. The van der Waals surface area contributed by atoms with Crippen molar-refractivity contribution in [2.45, 2.75) is 38.1 Å². The lowest BCUT2D eigenvalue weighted by Gasteiger charge is -2.21. The quantitative estimate of drug-likeness (QED) is 0.878. The van der Waals surface area contributed by atoms with Crippen LogP contribution in [-0.2, 0) is 9.84 Å². The van der Waals surface area contributed by atoms with Gasteiger partial charge in [0.05, 0.1) is 5.75 Å². The van der Waals surface area contributed by atoms with Crippen molar-refractivity contribution in [3.8, 4) is 0 Å². The number of hydrogen-bond acceptors (Lipinski definition) is 3. The van der Waals surface area contributed by atoms with Crippen molar-refractivity contribution in [1.29, 1.82) is 0 Å². The third-order valence-electron chi connectivity index (χ3n) is 4.07. The molecule has 0 aliphatic heterocycles. The van der Waals surface area contributed by atoms with Gasteiger partial charge in [-0.3, -0.25) is 0 Å². The van der Waals surface area contributed by atoms with Gasteiger partial charge in [-0.2, -0.15) is 0 Å². The van der Waals surface area contributed by atoms with Crippen LogP contribution < -0.4 is 5.32 Å². The van der Waals surface area contributed by atoms with E-state index in [-0.39, 0.29) is 17.3 Å². The van der Waals surface area contributed by atoms with Gasteiger partial charge < -0.3 is 5.32 Å². The summed E-state index contributed by atoms with van der Waals surface area (Å²) in [5.74, 6) is 0.530. The van der Waals surface area contributed by atoms with E-state index in [0.717, 1.165) is 24.8 Å². The highest BCUT2D eigenvalue weighted by molar-refractivity contribution is 7.91. The van der Waals surface area contributed by atoms with Gasteiger partial charge in [-0.1, -0.05) is 25.5 Å². The van der Waals surface area contributed by atoms with Gasteiger partial charge >= 0.3 is 0 Å². The number of hydrogen-bond donors (Lipinski definition) is 1. The van der Waals surface area contributed by atoms with Crippen LogP contribution in [0.4, 0.5) is 4.39 Å². The summed E-state index contributed by atoms with van der Waals surface area (Å²) in [7, 11) is -2.91. The third-order valence-corrected chi connectivity index (χ3v) is 5.78. The van der Waals surface area contributed by atoms with E-state index in [9.17, 15) is 12.8 Å². The first-order valence-corrected chi connectivity index (χ1v) is 9.03. The Morgan fingerprint density at radius 3 is 2.60 bits per heavy atom. The zero-order valence-corrected chi connectivity index (χ0v) is 12.6. The zero-order valence-electron chi connectivity index (χ0n) is 11.8. The molecule has 0 saturated heterocycles. The molecule has 1 aliphatic carbocycles. The Bertz CT molecular complexity index is 527. The number of nitrogens with one attached hydrogen (secondary N) is 1. The Morgan fingerprint density at radius 1 is 1.25 bits per heavy atom. The minimum absolute atomic E-state index is 0.191. The van der Waals surface area contributed by atoms with E-state index >= 15 is 0 Å². The summed E-state index contributed by atoms with van der Waals surface area (Å²) >= 11 is 0. The second-order valence-electron chi connectivity index (χ2n) is 5.39. The van der Waals surface area contributed by atoms with E-state index < -0.39 is 9.84 Å². The molecular formula is C15H22FNO2S. The SMILES string of the molecule is CCS(=O)(=O)CCN[C@H]1CCC[C@@H]1c1ccc(F)cc1. The molecule has 5 heteroatoms. The maximum absolute atomic E-state index is 13.0. The minimum atomic E-state index is -2.91. The van der Waals surface area contributed by atoms with Crippen LogP contribution in [-0.4, -0.2) is 32.5 Å². The predicted octanol–water partition coefficient (Wildman–Crippen LogP) is 2.49. The Hall–Kier alpha value is -0.940. The molecule has 0 unspecified atom stereocenters. The van der Waals surface area contributed by atoms with E-state index in [2.05, 4.69) is 5.32 Å². The van der Waals surface area contributed by atoms with Crippen molar-refractivity contribution in [3.05, 3.63) is 35.6 Å². The molecule has 0 spiro atoms. The van der Waals surface area contributed by atoms with Gasteiger partial charge in [0.25, 0.3) is 0 Å². The zero-order chi connectivity index (χ0) is 14.6. The maximum atomic E-state index is 13.0. The molecule has 1 N–H and O–H groups in total. The van der Waals surface area contributed by atoms with Crippen LogP contribution in [0.5, 0.6) is 0 Å². The van der Waals surface area contributed by atoms with E-state index in [1.54, 1.807) is 6.92 Å². The summed E-state index contributed by atoms with van der Waals surface area (Å²) in [6.07, 6.45) is 3.25. The first-order valence-electron chi connectivity index (χ1n) is 7.21. The summed E-state index contributed by atoms with van der Waals surface area (Å²) < 4.78 is 35.9. The number of benzene rings is 1. The maximum Gasteiger partial charge on any atom is 0.151 e. The smallest absolute Gasteiger partial charge is 0.151 e. The molecule has 0 amide bonds. The normalized spacial score (nSPS) is 23.1. The Kier molecular flexibility index (Phi) is 5.16. The average Bonchev–Trinajstić information content (AvgIpc) is 2.88. The van der Waals surface area contributed by atoms with Gasteiger partial charge in [-0.15, -0.1) is 0 Å². The summed E-state index contributed by atoms with van der Waals surface area (Å²) in [6.45, 7) is 2.17. The standard InChI is InChI=1S/C15H22FNO2S/c1-2-20(18,19)11-10-17-15-5-3-4-14(15)12-6-8-13(16)9-7-12/h6-9,14-15,17H,2-5,10-11H2,1H3/t14-,15+/m1/s1. The molecule has 2 atom stereocenters. The second-order valence-corrected chi connectivity index (χ2v) is 7.86. The van der Waals surface area contributed by atoms with Crippen molar-refractivity contribution < 1.29 is 12.8 Å². The van der Waals surface area contributed by atoms with Crippen LogP contribution in [0.3, 0.4) is 0 Å². The molecule has 112 valence electrons. The minimum Gasteiger partial charge on any atom is -0.312 e. The van der Waals surface area contributed by atoms with Crippen LogP contribution in [0, 0.1) is 5.82 Å². The monoisotopic (exact) mass is 299 g/mol. The fourth-order valence-electron chi connectivity index (χ4n) is 2.86. The largest absolute Gasteiger partial charge is 0.312 e. The Labute approximate surface area is 120 Å². The van der Waals surface area contributed by atoms with Crippen LogP contribution in [0.15, 0.2) is 24.3 Å². The number of rotatable bonds is 6. The van der Waals surface area contributed by atoms with Crippen molar-refractivity contribution in [2.75, 3.05) is 18.1 Å². The Morgan fingerprint density at radius 2 is 1.95 bits per heavy atom. The van der Waals surface area contributed by atoms with Gasteiger partial charge in [0, 0.05) is 18.3 Å². The third kappa shape index (κ3) is 4.03. The topological polar surface area (TPSA) is 46.2 Å². The lowest BCUT2D eigenvalue weighted by Crippen LogP contribution is -2.35. The first-order chi connectivity index (χ1) is 9.52. The van der Waals surface area contributed by atoms with Gasteiger partial charge in [0.2, 0.25) is 0 Å². The molecule has 3 nitrogen and oxygen atoms in total. The summed E-state index contributed by atoms with van der Waals surface area (Å²) in [4.78, 5) is 0. The van der Waals surface area contributed by atoms with E-state index in [1.807, 2.05) is 12.1 Å². The lowest BCUT2D eigenvalue weighted by molar-refractivity contribution is 0.490. The molecule has 1 saturated carbocycles. The van der Waals surface area contributed by atoms with Crippen molar-refractivity contribution in [3.63, 3.8) is 0 Å². The molecular weight excluding hydrogens is 277 g/mol. The molecule has 1 aromatic rings. The van der Waals surface area contributed by atoms with Gasteiger partial charge in [-0.05, 0) is 36.5 Å². The van der Waals surface area contributed by atoms with Gasteiger partial charge in [0.15, 0.2) is 9.84 Å². The summed E-state index contributed by atoms with van der Waals surface area (Å²) in [5, 5.41) is 3.36. The van der Waals surface area contributed by atoms with Crippen molar-refractivity contribution in [2.24, 2.45) is 0 Å². The Balaban J connectivity index is 1.92. The fraction of sp³-hybridized carbons (Fsp3) is 0.600. The van der Waals surface area contributed by atoms with Crippen LogP contribution >= 0.6 is 0 Å². The molecule has 1 aliphatic rings. The second kappa shape index (κ2) is 6.68. The lowest BCUT2D eigenvalue weighted by atomic mass is 9.94. The van der Waals surface area contributed by atoms with E-state index in [4.69, 9.17) is 0 Å². The number of sulfone groups is 1. The first kappa shape index (κ1) is 15.4. The van der Waals surface area contributed by atoms with Crippen LogP contribution in [0.25, 0.3) is 0 Å². The fourth-order valence-corrected chi connectivity index (χ4v) is 3.58. The molecule has 0 aromatic heterocycles. The molecule has 1 aromatic carbocycles. The molecule has 1 fully saturated rings. The molecule has 0 bridgehead atoms. The summed E-state index contributed by atoms with van der Waals surface area (Å²) in [5.41, 5.74) is 1.14. The van der Waals surface area contributed by atoms with Crippen LogP contribution in [0.1, 0.15) is 37.7 Å². The van der Waals surface area contributed by atoms with Crippen LogP contribution in [0.2, 0.25) is 0 Å². The number of halogens is 1. The predicted molar refractivity (Wildman–Crippen MR) is 79.1 cm³/mol. The van der Waals surface area contributed by atoms with E-state index in [1.165, 1.54) is 12.1 Å². The molecule has 0 radical (unpaired) electrons. The van der Waals surface area contributed by atoms with Crippen molar-refractivity contribution >= 4 is 9.84 Å². The highest BCUT2D eigenvalue weighted by Gasteiger charge is 2.28. The highest BCUT2D eigenvalue weighted by Crippen LogP contribution is 2.34. The highest BCUT2D eigenvalue weighted by atomic mass is 32.2. The molecule has 2 rings (SSSR count). The van der Waals surface area contributed by atoms with Crippen molar-refractivity contribution in [1.82, 2.24) is 5.32 Å². The van der Waals surface area contributed by atoms with E-state index in [0.29, 0.717) is 18.5 Å². The van der Waals surface area contributed by atoms with Gasteiger partial charge in [0.1, 0.15) is 5.82 Å². The summed E-state index contributed by atoms with van der Waals surface area (Å²) in [6, 6.07) is 6.96. The van der Waals surface area contributed by atoms with Gasteiger partial charge in [-0.25, -0.2) is 12.8 Å². The molecule has 20 heavy (non-hydrogen) atoms. The molecule has 0 heterocycles.